The first-order valence-electron chi connectivity index (χ1n) is 6.16. The van der Waals surface area contributed by atoms with E-state index in [9.17, 15) is 0 Å². The summed E-state index contributed by atoms with van der Waals surface area (Å²) in [4.78, 5) is 0. The molecule has 1 aliphatic carbocycles. The summed E-state index contributed by atoms with van der Waals surface area (Å²) in [6.45, 7) is 0. The molecule has 16 heavy (non-hydrogen) atoms. The van der Waals surface area contributed by atoms with Crippen LogP contribution in [0.25, 0.3) is 0 Å². The van der Waals surface area contributed by atoms with Gasteiger partial charge in [0.15, 0.2) is 0 Å². The molecule has 0 spiro atoms. The SMILES string of the molecule is COc1ccc(CCC2CCC(N)C2)cc1. The third kappa shape index (κ3) is 2.99. The van der Waals surface area contributed by atoms with E-state index < -0.39 is 0 Å². The Morgan fingerprint density at radius 2 is 2.00 bits per heavy atom. The number of hydrogen-bond acceptors (Lipinski definition) is 2. The topological polar surface area (TPSA) is 35.2 Å². The maximum Gasteiger partial charge on any atom is 0.118 e. The van der Waals surface area contributed by atoms with E-state index >= 15 is 0 Å². The molecule has 1 aliphatic rings. The van der Waals surface area contributed by atoms with E-state index in [4.69, 9.17) is 10.5 Å². The van der Waals surface area contributed by atoms with Crippen LogP contribution in [-0.2, 0) is 6.42 Å². The number of methoxy groups -OCH3 is 1. The van der Waals surface area contributed by atoms with Gasteiger partial charge in [-0.15, -0.1) is 0 Å². The summed E-state index contributed by atoms with van der Waals surface area (Å²) >= 11 is 0. The molecule has 0 radical (unpaired) electrons. The zero-order chi connectivity index (χ0) is 11.4. The molecule has 88 valence electrons. The number of rotatable bonds is 4. The van der Waals surface area contributed by atoms with Gasteiger partial charge in [0, 0.05) is 6.04 Å². The van der Waals surface area contributed by atoms with E-state index in [1.165, 1.54) is 37.7 Å². The van der Waals surface area contributed by atoms with Gasteiger partial charge in [0.05, 0.1) is 7.11 Å². The Hall–Kier alpha value is -1.02. The number of hydrogen-bond donors (Lipinski definition) is 1. The van der Waals surface area contributed by atoms with E-state index in [1.54, 1.807) is 7.11 Å². The van der Waals surface area contributed by atoms with Gasteiger partial charge >= 0.3 is 0 Å². The van der Waals surface area contributed by atoms with Gasteiger partial charge in [-0.1, -0.05) is 12.1 Å². The molecule has 1 fully saturated rings. The second-order valence-corrected chi connectivity index (χ2v) is 4.83. The number of benzene rings is 1. The normalized spacial score (nSPS) is 24.6. The average Bonchev–Trinajstić information content (AvgIpc) is 2.73. The monoisotopic (exact) mass is 219 g/mol. The molecule has 0 bridgehead atoms. The Morgan fingerprint density at radius 1 is 1.25 bits per heavy atom. The van der Waals surface area contributed by atoms with E-state index in [0.717, 1.165) is 11.7 Å². The van der Waals surface area contributed by atoms with Crippen molar-refractivity contribution in [2.45, 2.75) is 38.1 Å². The zero-order valence-electron chi connectivity index (χ0n) is 9.99. The van der Waals surface area contributed by atoms with Crippen molar-refractivity contribution in [3.05, 3.63) is 29.8 Å². The Kier molecular flexibility index (Phi) is 3.83. The van der Waals surface area contributed by atoms with Gasteiger partial charge in [-0.3, -0.25) is 0 Å². The van der Waals surface area contributed by atoms with Crippen LogP contribution in [-0.4, -0.2) is 13.2 Å². The van der Waals surface area contributed by atoms with Crippen LogP contribution in [0, 0.1) is 5.92 Å². The van der Waals surface area contributed by atoms with Gasteiger partial charge in [0.2, 0.25) is 0 Å². The van der Waals surface area contributed by atoms with Crippen LogP contribution in [0.3, 0.4) is 0 Å². The first kappa shape index (κ1) is 11.5. The van der Waals surface area contributed by atoms with Gasteiger partial charge in [0.25, 0.3) is 0 Å². The molecule has 2 N–H and O–H groups in total. The van der Waals surface area contributed by atoms with Crippen molar-refractivity contribution in [1.82, 2.24) is 0 Å². The van der Waals surface area contributed by atoms with Gasteiger partial charge in [-0.05, 0) is 55.7 Å². The van der Waals surface area contributed by atoms with E-state index in [0.29, 0.717) is 6.04 Å². The molecular formula is C14H21NO. The van der Waals surface area contributed by atoms with Gasteiger partial charge in [-0.2, -0.15) is 0 Å². The van der Waals surface area contributed by atoms with Crippen molar-refractivity contribution < 1.29 is 4.74 Å². The molecule has 0 aliphatic heterocycles. The second kappa shape index (κ2) is 5.35. The summed E-state index contributed by atoms with van der Waals surface area (Å²) in [5.41, 5.74) is 7.32. The molecule has 0 saturated heterocycles. The second-order valence-electron chi connectivity index (χ2n) is 4.83. The number of nitrogens with two attached hydrogens (primary N) is 1. The average molecular weight is 219 g/mol. The lowest BCUT2D eigenvalue weighted by Crippen LogP contribution is -2.14. The molecule has 2 heteroatoms. The van der Waals surface area contributed by atoms with Gasteiger partial charge in [0.1, 0.15) is 5.75 Å². The molecule has 0 heterocycles. The van der Waals surface area contributed by atoms with Crippen LogP contribution in [0.5, 0.6) is 5.75 Å². The first-order valence-corrected chi connectivity index (χ1v) is 6.16. The van der Waals surface area contributed by atoms with Crippen LogP contribution in [0.15, 0.2) is 24.3 Å². The molecular weight excluding hydrogens is 198 g/mol. The molecule has 2 nitrogen and oxygen atoms in total. The van der Waals surface area contributed by atoms with Crippen LogP contribution >= 0.6 is 0 Å². The first-order chi connectivity index (χ1) is 7.78. The highest BCUT2D eigenvalue weighted by atomic mass is 16.5. The molecule has 2 rings (SSSR count). The Bertz CT molecular complexity index is 320. The standard InChI is InChI=1S/C14H21NO/c1-16-14-8-5-11(6-9-14)2-3-12-4-7-13(15)10-12/h5-6,8-9,12-13H,2-4,7,10,15H2,1H3. The summed E-state index contributed by atoms with van der Waals surface area (Å²) in [6.07, 6.45) is 6.20. The molecule has 1 aromatic carbocycles. The molecule has 2 unspecified atom stereocenters. The van der Waals surface area contributed by atoms with Gasteiger partial charge in [-0.25, -0.2) is 0 Å². The minimum atomic E-state index is 0.459. The maximum absolute atomic E-state index is 5.92. The smallest absolute Gasteiger partial charge is 0.118 e. The molecule has 1 saturated carbocycles. The molecule has 0 amide bonds. The fourth-order valence-electron chi connectivity index (χ4n) is 2.54. The van der Waals surface area contributed by atoms with Crippen LogP contribution in [0.2, 0.25) is 0 Å². The summed E-state index contributed by atoms with van der Waals surface area (Å²) in [5, 5.41) is 0. The molecule has 2 atom stereocenters. The highest BCUT2D eigenvalue weighted by Gasteiger charge is 2.20. The summed E-state index contributed by atoms with van der Waals surface area (Å²) in [5.74, 6) is 1.78. The van der Waals surface area contributed by atoms with Crippen molar-refractivity contribution in [1.29, 1.82) is 0 Å². The van der Waals surface area contributed by atoms with Crippen molar-refractivity contribution in [2.24, 2.45) is 11.7 Å². The fraction of sp³-hybridized carbons (Fsp3) is 0.571. The van der Waals surface area contributed by atoms with Crippen molar-refractivity contribution >= 4 is 0 Å². The zero-order valence-corrected chi connectivity index (χ0v) is 9.99. The van der Waals surface area contributed by atoms with Crippen molar-refractivity contribution in [3.63, 3.8) is 0 Å². The van der Waals surface area contributed by atoms with Crippen LogP contribution < -0.4 is 10.5 Å². The lowest BCUT2D eigenvalue weighted by molar-refractivity contribution is 0.414. The Labute approximate surface area is 97.8 Å². The lowest BCUT2D eigenvalue weighted by Gasteiger charge is -2.09. The summed E-state index contributed by atoms with van der Waals surface area (Å²) in [7, 11) is 1.70. The number of ether oxygens (including phenoxy) is 1. The Morgan fingerprint density at radius 3 is 2.56 bits per heavy atom. The highest BCUT2D eigenvalue weighted by molar-refractivity contribution is 5.27. The van der Waals surface area contributed by atoms with Crippen LogP contribution in [0.4, 0.5) is 0 Å². The van der Waals surface area contributed by atoms with Crippen molar-refractivity contribution in [3.8, 4) is 5.75 Å². The molecule has 1 aromatic rings. The summed E-state index contributed by atoms with van der Waals surface area (Å²) < 4.78 is 5.14. The van der Waals surface area contributed by atoms with Crippen molar-refractivity contribution in [2.75, 3.05) is 7.11 Å². The third-order valence-corrected chi connectivity index (χ3v) is 3.58. The third-order valence-electron chi connectivity index (χ3n) is 3.58. The number of aryl methyl sites for hydroxylation is 1. The maximum atomic E-state index is 5.92. The van der Waals surface area contributed by atoms with E-state index in [1.807, 2.05) is 12.1 Å². The minimum Gasteiger partial charge on any atom is -0.497 e. The quantitative estimate of drug-likeness (QED) is 0.845. The predicted octanol–water partition coefficient (Wildman–Crippen LogP) is 2.76. The van der Waals surface area contributed by atoms with E-state index in [-0.39, 0.29) is 0 Å². The fourth-order valence-corrected chi connectivity index (χ4v) is 2.54. The van der Waals surface area contributed by atoms with Gasteiger partial charge < -0.3 is 10.5 Å². The predicted molar refractivity (Wildman–Crippen MR) is 66.6 cm³/mol. The largest absolute Gasteiger partial charge is 0.497 e. The Balaban J connectivity index is 1.80. The minimum absolute atomic E-state index is 0.459. The molecule has 0 aromatic heterocycles. The van der Waals surface area contributed by atoms with Crippen LogP contribution in [0.1, 0.15) is 31.2 Å². The highest BCUT2D eigenvalue weighted by Crippen LogP contribution is 2.28. The van der Waals surface area contributed by atoms with E-state index in [2.05, 4.69) is 12.1 Å². The lowest BCUT2D eigenvalue weighted by atomic mass is 9.98. The summed E-state index contributed by atoms with van der Waals surface area (Å²) in [6, 6.07) is 8.85.